The molecule has 3 N–H and O–H groups in total. The molecule has 2 aliphatic carbocycles. The summed E-state index contributed by atoms with van der Waals surface area (Å²) in [5, 5.41) is 2.97. The Labute approximate surface area is 130 Å². The van der Waals surface area contributed by atoms with E-state index in [0.717, 1.165) is 18.4 Å². The Morgan fingerprint density at radius 2 is 2.10 bits per heavy atom. The number of hydrogen-bond acceptors (Lipinski definition) is 2. The smallest absolute Gasteiger partial charge is 0.224 e. The van der Waals surface area contributed by atoms with Crippen LogP contribution in [0.5, 0.6) is 0 Å². The van der Waals surface area contributed by atoms with Crippen LogP contribution in [0.2, 0.25) is 0 Å². The maximum atomic E-state index is 13.0. The molecule has 21 heavy (non-hydrogen) atoms. The molecule has 3 rings (SSSR count). The molecule has 116 valence electrons. The molecule has 0 saturated heterocycles. The molecule has 3 nitrogen and oxygen atoms in total. The normalized spacial score (nSPS) is 30.0. The van der Waals surface area contributed by atoms with Crippen LogP contribution in [0.3, 0.4) is 0 Å². The molecule has 4 unspecified atom stereocenters. The van der Waals surface area contributed by atoms with E-state index in [1.54, 1.807) is 6.07 Å². The zero-order valence-electron chi connectivity index (χ0n) is 11.9. The molecule has 1 aromatic rings. The summed E-state index contributed by atoms with van der Waals surface area (Å²) in [4.78, 5) is 12.2. The second kappa shape index (κ2) is 6.75. The number of benzene rings is 1. The second-order valence-corrected chi connectivity index (χ2v) is 6.11. The van der Waals surface area contributed by atoms with Crippen LogP contribution in [0, 0.1) is 23.6 Å². The summed E-state index contributed by atoms with van der Waals surface area (Å²) in [7, 11) is 0. The second-order valence-electron chi connectivity index (χ2n) is 6.11. The highest BCUT2D eigenvalue weighted by atomic mass is 35.5. The lowest BCUT2D eigenvalue weighted by Crippen LogP contribution is -2.45. The van der Waals surface area contributed by atoms with Gasteiger partial charge in [-0.1, -0.05) is 12.1 Å². The summed E-state index contributed by atoms with van der Waals surface area (Å²) in [5.74, 6) is 0.856. The topological polar surface area (TPSA) is 55.1 Å². The van der Waals surface area contributed by atoms with Crippen molar-refractivity contribution in [2.45, 2.75) is 31.7 Å². The van der Waals surface area contributed by atoms with E-state index in [2.05, 4.69) is 5.32 Å². The van der Waals surface area contributed by atoms with Crippen LogP contribution >= 0.6 is 12.4 Å². The molecule has 0 aromatic heterocycles. The maximum Gasteiger partial charge on any atom is 0.224 e. The van der Waals surface area contributed by atoms with E-state index >= 15 is 0 Å². The number of hydrogen-bond donors (Lipinski definition) is 2. The molecule has 0 radical (unpaired) electrons. The number of halogens is 2. The predicted molar refractivity (Wildman–Crippen MR) is 82.7 cm³/mol. The van der Waals surface area contributed by atoms with Gasteiger partial charge in [0.1, 0.15) is 5.82 Å². The molecule has 2 saturated carbocycles. The van der Waals surface area contributed by atoms with E-state index < -0.39 is 0 Å². The first-order valence-electron chi connectivity index (χ1n) is 7.43. The van der Waals surface area contributed by atoms with E-state index in [-0.39, 0.29) is 36.1 Å². The Morgan fingerprint density at radius 3 is 2.76 bits per heavy atom. The lowest BCUT2D eigenvalue weighted by atomic mass is 9.84. The summed E-state index contributed by atoms with van der Waals surface area (Å²) in [6, 6.07) is 6.53. The van der Waals surface area contributed by atoms with Crippen molar-refractivity contribution in [3.05, 3.63) is 35.6 Å². The van der Waals surface area contributed by atoms with E-state index in [9.17, 15) is 9.18 Å². The molecule has 5 heteroatoms. The molecule has 2 aliphatic rings. The van der Waals surface area contributed by atoms with Crippen LogP contribution in [0.4, 0.5) is 4.39 Å². The van der Waals surface area contributed by atoms with Crippen LogP contribution in [0.25, 0.3) is 0 Å². The zero-order chi connectivity index (χ0) is 14.1. The van der Waals surface area contributed by atoms with Crippen molar-refractivity contribution in [1.82, 2.24) is 5.32 Å². The Hall–Kier alpha value is -1.13. The van der Waals surface area contributed by atoms with E-state index in [4.69, 9.17) is 5.73 Å². The average molecular weight is 313 g/mol. The zero-order valence-corrected chi connectivity index (χ0v) is 12.7. The van der Waals surface area contributed by atoms with Gasteiger partial charge in [-0.05, 0) is 55.2 Å². The van der Waals surface area contributed by atoms with Gasteiger partial charge >= 0.3 is 0 Å². The van der Waals surface area contributed by atoms with Gasteiger partial charge in [0.2, 0.25) is 5.91 Å². The van der Waals surface area contributed by atoms with E-state index in [1.807, 2.05) is 6.07 Å². The van der Waals surface area contributed by atoms with Crippen molar-refractivity contribution in [2.24, 2.45) is 23.5 Å². The van der Waals surface area contributed by atoms with Crippen LogP contribution in [-0.2, 0) is 11.2 Å². The molecule has 1 aromatic carbocycles. The van der Waals surface area contributed by atoms with Crippen molar-refractivity contribution < 1.29 is 9.18 Å². The van der Waals surface area contributed by atoms with Crippen molar-refractivity contribution in [3.8, 4) is 0 Å². The first-order chi connectivity index (χ1) is 9.65. The molecule has 2 bridgehead atoms. The number of fused-ring (bicyclic) bond motifs is 2. The van der Waals surface area contributed by atoms with Gasteiger partial charge in [0, 0.05) is 12.6 Å². The van der Waals surface area contributed by atoms with Gasteiger partial charge in [0.25, 0.3) is 0 Å². The molecule has 0 heterocycles. The minimum atomic E-state index is -0.232. The van der Waals surface area contributed by atoms with Crippen molar-refractivity contribution in [2.75, 3.05) is 6.54 Å². The van der Waals surface area contributed by atoms with Crippen molar-refractivity contribution >= 4 is 18.3 Å². The predicted octanol–water partition coefficient (Wildman–Crippen LogP) is 2.28. The fraction of sp³-hybridized carbons (Fsp3) is 0.562. The Balaban J connectivity index is 0.00000161. The highest BCUT2D eigenvalue weighted by Crippen LogP contribution is 2.47. The number of amides is 1. The van der Waals surface area contributed by atoms with Gasteiger partial charge in [-0.25, -0.2) is 4.39 Å². The molecule has 2 fully saturated rings. The lowest BCUT2D eigenvalue weighted by molar-refractivity contribution is -0.127. The third kappa shape index (κ3) is 3.38. The number of nitrogens with two attached hydrogens (primary N) is 1. The molecular formula is C16H22ClFN2O. The third-order valence-corrected chi connectivity index (χ3v) is 4.89. The summed E-state index contributed by atoms with van der Waals surface area (Å²) in [6.45, 7) is 0.545. The van der Waals surface area contributed by atoms with Gasteiger partial charge < -0.3 is 11.1 Å². The quantitative estimate of drug-likeness (QED) is 0.896. The van der Waals surface area contributed by atoms with Crippen LogP contribution < -0.4 is 11.1 Å². The summed E-state index contributed by atoms with van der Waals surface area (Å²) in [5.41, 5.74) is 7.06. The SMILES string of the molecule is Cl.NC1C2CCC(C2)C1C(=O)NCCc1cccc(F)c1. The highest BCUT2D eigenvalue weighted by Gasteiger charge is 2.48. The van der Waals surface area contributed by atoms with Crippen LogP contribution in [-0.4, -0.2) is 18.5 Å². The highest BCUT2D eigenvalue weighted by molar-refractivity contribution is 5.85. The van der Waals surface area contributed by atoms with E-state index in [0.29, 0.717) is 24.8 Å². The molecule has 0 aliphatic heterocycles. The fourth-order valence-electron chi connectivity index (χ4n) is 3.87. The van der Waals surface area contributed by atoms with Gasteiger partial charge in [-0.15, -0.1) is 12.4 Å². The van der Waals surface area contributed by atoms with Crippen LogP contribution in [0.1, 0.15) is 24.8 Å². The number of carbonyl (C=O) groups excluding carboxylic acids is 1. The summed E-state index contributed by atoms with van der Waals surface area (Å²) >= 11 is 0. The lowest BCUT2D eigenvalue weighted by Gasteiger charge is -2.27. The number of rotatable bonds is 4. The standard InChI is InChI=1S/C16H21FN2O.ClH/c17-13-3-1-2-10(8-13)6-7-19-16(20)14-11-4-5-12(9-11)15(14)18;/h1-3,8,11-12,14-15H,4-7,9,18H2,(H,19,20);1H. The summed E-state index contributed by atoms with van der Waals surface area (Å²) < 4.78 is 13.0. The Bertz CT molecular complexity index is 509. The summed E-state index contributed by atoms with van der Waals surface area (Å²) in [6.07, 6.45) is 4.09. The maximum absolute atomic E-state index is 13.0. The fourth-order valence-corrected chi connectivity index (χ4v) is 3.87. The largest absolute Gasteiger partial charge is 0.355 e. The van der Waals surface area contributed by atoms with Gasteiger partial charge in [0.15, 0.2) is 0 Å². The Morgan fingerprint density at radius 1 is 1.33 bits per heavy atom. The molecule has 4 atom stereocenters. The minimum Gasteiger partial charge on any atom is -0.355 e. The monoisotopic (exact) mass is 312 g/mol. The molecule has 1 amide bonds. The number of nitrogens with one attached hydrogen (secondary N) is 1. The first kappa shape index (κ1) is 16.2. The van der Waals surface area contributed by atoms with Gasteiger partial charge in [-0.2, -0.15) is 0 Å². The third-order valence-electron chi connectivity index (χ3n) is 4.89. The van der Waals surface area contributed by atoms with Gasteiger partial charge in [0.05, 0.1) is 5.92 Å². The molecule has 0 spiro atoms. The van der Waals surface area contributed by atoms with E-state index in [1.165, 1.54) is 18.6 Å². The molecular weight excluding hydrogens is 291 g/mol. The van der Waals surface area contributed by atoms with Crippen LogP contribution in [0.15, 0.2) is 24.3 Å². The number of carbonyl (C=O) groups is 1. The van der Waals surface area contributed by atoms with Crippen molar-refractivity contribution in [3.63, 3.8) is 0 Å². The van der Waals surface area contributed by atoms with Crippen molar-refractivity contribution in [1.29, 1.82) is 0 Å². The average Bonchev–Trinajstić information content (AvgIpc) is 2.99. The first-order valence-corrected chi connectivity index (χ1v) is 7.43. The van der Waals surface area contributed by atoms with Gasteiger partial charge in [-0.3, -0.25) is 4.79 Å². The minimum absolute atomic E-state index is 0. The Kier molecular flexibility index (Phi) is 5.22.